The Morgan fingerprint density at radius 3 is 2.25 bits per heavy atom. The average molecular weight is 132 g/mol. The number of halogens is 1. The van der Waals surface area contributed by atoms with Crippen LogP contribution >= 0.6 is 11.6 Å². The third-order valence-electron chi connectivity index (χ3n) is 0.919. The molecule has 0 fully saturated rings. The molecule has 0 heterocycles. The van der Waals surface area contributed by atoms with Gasteiger partial charge in [-0.05, 0) is 5.41 Å². The van der Waals surface area contributed by atoms with Gasteiger partial charge in [0.15, 0.2) is 0 Å². The lowest BCUT2D eigenvalue weighted by molar-refractivity contribution is 0.433. The summed E-state index contributed by atoms with van der Waals surface area (Å²) in [4.78, 5) is 0. The Morgan fingerprint density at radius 1 is 1.62 bits per heavy atom. The standard InChI is InChI=1S/C6H10ClN/c1-6(2,5-7)3-4-8/h3,5H2,1-2H3. The first-order valence-corrected chi connectivity index (χ1v) is 3.09. The van der Waals surface area contributed by atoms with E-state index in [9.17, 15) is 0 Å². The summed E-state index contributed by atoms with van der Waals surface area (Å²) in [6.07, 6.45) is 0.538. The number of alkyl halides is 1. The molecule has 1 nitrogen and oxygen atoms in total. The topological polar surface area (TPSA) is 23.8 Å². The highest BCUT2D eigenvalue weighted by molar-refractivity contribution is 6.18. The molecule has 0 unspecified atom stereocenters. The summed E-state index contributed by atoms with van der Waals surface area (Å²) >= 11 is 5.52. The fourth-order valence-electron chi connectivity index (χ4n) is 0.261. The first-order chi connectivity index (χ1) is 3.62. The van der Waals surface area contributed by atoms with Crippen molar-refractivity contribution in [2.24, 2.45) is 5.41 Å². The van der Waals surface area contributed by atoms with E-state index in [-0.39, 0.29) is 5.41 Å². The number of hydrogen-bond donors (Lipinski definition) is 0. The van der Waals surface area contributed by atoms with Gasteiger partial charge in [0, 0.05) is 12.3 Å². The maximum atomic E-state index is 8.22. The summed E-state index contributed by atoms with van der Waals surface area (Å²) in [6, 6.07) is 2.07. The Labute approximate surface area is 55.3 Å². The largest absolute Gasteiger partial charge is 0.198 e. The van der Waals surface area contributed by atoms with Crippen molar-refractivity contribution in [1.29, 1.82) is 5.26 Å². The maximum absolute atomic E-state index is 8.22. The molecule has 0 atom stereocenters. The van der Waals surface area contributed by atoms with Crippen LogP contribution in [0, 0.1) is 16.7 Å². The molecule has 0 amide bonds. The Kier molecular flexibility index (Phi) is 2.86. The molecule has 2 heteroatoms. The van der Waals surface area contributed by atoms with Gasteiger partial charge in [0.05, 0.1) is 6.07 Å². The molecular weight excluding hydrogens is 122 g/mol. The van der Waals surface area contributed by atoms with Gasteiger partial charge in [0.25, 0.3) is 0 Å². The molecule has 0 bridgehead atoms. The second-order valence-corrected chi connectivity index (χ2v) is 2.90. The minimum absolute atomic E-state index is 0.00367. The van der Waals surface area contributed by atoms with Crippen LogP contribution in [0.15, 0.2) is 0 Å². The van der Waals surface area contributed by atoms with Crippen molar-refractivity contribution in [3.8, 4) is 6.07 Å². The number of nitrogens with zero attached hydrogens (tertiary/aromatic N) is 1. The van der Waals surface area contributed by atoms with Gasteiger partial charge in [-0.25, -0.2) is 0 Å². The van der Waals surface area contributed by atoms with E-state index in [4.69, 9.17) is 16.9 Å². The van der Waals surface area contributed by atoms with Crippen molar-refractivity contribution in [2.75, 3.05) is 5.88 Å². The highest BCUT2D eigenvalue weighted by Crippen LogP contribution is 2.20. The summed E-state index contributed by atoms with van der Waals surface area (Å²) in [5.74, 6) is 0.556. The normalized spacial score (nSPS) is 10.8. The van der Waals surface area contributed by atoms with Crippen LogP contribution in [-0.4, -0.2) is 5.88 Å². The van der Waals surface area contributed by atoms with Crippen molar-refractivity contribution in [3.63, 3.8) is 0 Å². The van der Waals surface area contributed by atoms with Crippen molar-refractivity contribution in [3.05, 3.63) is 0 Å². The van der Waals surface area contributed by atoms with Crippen molar-refractivity contribution < 1.29 is 0 Å². The average Bonchev–Trinajstić information content (AvgIpc) is 1.67. The van der Waals surface area contributed by atoms with Gasteiger partial charge in [0.2, 0.25) is 0 Å². The van der Waals surface area contributed by atoms with Gasteiger partial charge in [-0.15, -0.1) is 11.6 Å². The molecule has 0 aromatic rings. The Balaban J connectivity index is 3.58. The second-order valence-electron chi connectivity index (χ2n) is 2.63. The van der Waals surface area contributed by atoms with Crippen LogP contribution in [0.3, 0.4) is 0 Å². The van der Waals surface area contributed by atoms with Crippen LogP contribution in [0.25, 0.3) is 0 Å². The maximum Gasteiger partial charge on any atom is 0.0627 e. The van der Waals surface area contributed by atoms with Gasteiger partial charge in [-0.1, -0.05) is 13.8 Å². The summed E-state index contributed by atoms with van der Waals surface area (Å²) < 4.78 is 0. The van der Waals surface area contributed by atoms with Gasteiger partial charge < -0.3 is 0 Å². The summed E-state index contributed by atoms with van der Waals surface area (Å²) in [7, 11) is 0. The molecule has 0 rings (SSSR count). The molecule has 0 aliphatic rings. The Morgan fingerprint density at radius 2 is 2.12 bits per heavy atom. The van der Waals surface area contributed by atoms with Crippen LogP contribution in [0.2, 0.25) is 0 Å². The van der Waals surface area contributed by atoms with E-state index < -0.39 is 0 Å². The van der Waals surface area contributed by atoms with Crippen molar-refractivity contribution >= 4 is 11.6 Å². The van der Waals surface area contributed by atoms with Crippen LogP contribution in [0.5, 0.6) is 0 Å². The van der Waals surface area contributed by atoms with E-state index in [0.29, 0.717) is 12.3 Å². The van der Waals surface area contributed by atoms with E-state index in [1.54, 1.807) is 0 Å². The zero-order chi connectivity index (χ0) is 6.62. The lowest BCUT2D eigenvalue weighted by Gasteiger charge is -2.15. The van der Waals surface area contributed by atoms with E-state index in [2.05, 4.69) is 6.07 Å². The minimum Gasteiger partial charge on any atom is -0.198 e. The molecule has 0 aromatic heterocycles. The molecule has 0 aliphatic carbocycles. The first-order valence-electron chi connectivity index (χ1n) is 2.55. The smallest absolute Gasteiger partial charge is 0.0627 e. The van der Waals surface area contributed by atoms with E-state index in [1.807, 2.05) is 13.8 Å². The van der Waals surface area contributed by atoms with Crippen LogP contribution in [0.1, 0.15) is 20.3 Å². The highest BCUT2D eigenvalue weighted by atomic mass is 35.5. The summed E-state index contributed by atoms with van der Waals surface area (Å²) in [5, 5.41) is 8.22. The van der Waals surface area contributed by atoms with Crippen molar-refractivity contribution in [2.45, 2.75) is 20.3 Å². The Bertz CT molecular complexity index is 102. The number of nitriles is 1. The van der Waals surface area contributed by atoms with Crippen LogP contribution < -0.4 is 0 Å². The highest BCUT2D eigenvalue weighted by Gasteiger charge is 2.14. The van der Waals surface area contributed by atoms with E-state index in [0.717, 1.165) is 0 Å². The molecule has 0 saturated carbocycles. The SMILES string of the molecule is CC(C)(CCl)CC#N. The van der Waals surface area contributed by atoms with Crippen LogP contribution in [-0.2, 0) is 0 Å². The Hall–Kier alpha value is -0.220. The molecule has 0 N–H and O–H groups in total. The van der Waals surface area contributed by atoms with Gasteiger partial charge >= 0.3 is 0 Å². The molecule has 0 radical (unpaired) electrons. The fraction of sp³-hybridized carbons (Fsp3) is 0.833. The van der Waals surface area contributed by atoms with Gasteiger partial charge in [0.1, 0.15) is 0 Å². The predicted octanol–water partition coefficient (Wildman–Crippen LogP) is 2.17. The predicted molar refractivity (Wildman–Crippen MR) is 34.7 cm³/mol. The minimum atomic E-state index is -0.00367. The molecule has 8 heavy (non-hydrogen) atoms. The fourth-order valence-corrected chi connectivity index (χ4v) is 0.356. The molecule has 0 saturated heterocycles. The van der Waals surface area contributed by atoms with Gasteiger partial charge in [-0.2, -0.15) is 5.26 Å². The number of hydrogen-bond acceptors (Lipinski definition) is 1. The second kappa shape index (κ2) is 2.94. The molecular formula is C6H10ClN. The van der Waals surface area contributed by atoms with E-state index >= 15 is 0 Å². The zero-order valence-corrected chi connectivity index (χ0v) is 6.00. The van der Waals surface area contributed by atoms with Crippen molar-refractivity contribution in [1.82, 2.24) is 0 Å². The van der Waals surface area contributed by atoms with Gasteiger partial charge in [-0.3, -0.25) is 0 Å². The lowest BCUT2D eigenvalue weighted by Crippen LogP contribution is -2.11. The quantitative estimate of drug-likeness (QED) is 0.527. The molecule has 46 valence electrons. The first kappa shape index (κ1) is 7.78. The third-order valence-corrected chi connectivity index (χ3v) is 1.64. The molecule has 0 spiro atoms. The zero-order valence-electron chi connectivity index (χ0n) is 5.24. The summed E-state index contributed by atoms with van der Waals surface area (Å²) in [6.45, 7) is 3.95. The summed E-state index contributed by atoms with van der Waals surface area (Å²) in [5.41, 5.74) is -0.00367. The van der Waals surface area contributed by atoms with E-state index in [1.165, 1.54) is 0 Å². The molecule has 0 aromatic carbocycles. The molecule has 0 aliphatic heterocycles. The number of rotatable bonds is 2. The van der Waals surface area contributed by atoms with Crippen LogP contribution in [0.4, 0.5) is 0 Å². The lowest BCUT2D eigenvalue weighted by atomic mass is 9.93. The monoisotopic (exact) mass is 131 g/mol. The third kappa shape index (κ3) is 2.87.